The van der Waals surface area contributed by atoms with Gasteiger partial charge in [-0.25, -0.2) is 4.79 Å². The monoisotopic (exact) mass is 468 g/mol. The van der Waals surface area contributed by atoms with Crippen LogP contribution in [0.1, 0.15) is 44.0 Å². The first-order chi connectivity index (χ1) is 16.1. The molecule has 1 aliphatic heterocycles. The second-order valence-corrected chi connectivity index (χ2v) is 9.33. The number of carbonyl (C=O) groups excluding carboxylic acids is 3. The number of amides is 3. The zero-order chi connectivity index (χ0) is 24.7. The van der Waals surface area contributed by atoms with Crippen LogP contribution in [0.5, 0.6) is 5.75 Å². The Morgan fingerprint density at radius 2 is 1.76 bits per heavy atom. The molecule has 182 valence electrons. The van der Waals surface area contributed by atoms with Crippen LogP contribution >= 0.6 is 0 Å². The van der Waals surface area contributed by atoms with Crippen molar-refractivity contribution < 1.29 is 23.9 Å². The number of hydrogen-bond donors (Lipinski definition) is 2. The number of carbonyl (C=O) groups is 3. The molecule has 0 atom stereocenters. The Kier molecular flexibility index (Phi) is 8.09. The molecule has 34 heavy (non-hydrogen) atoms. The fraction of sp³-hybridized carbons (Fsp3) is 0.440. The normalized spacial score (nSPS) is 14.4. The Morgan fingerprint density at radius 1 is 1.09 bits per heavy atom. The molecule has 3 N–H and O–H groups in total. The largest absolute Gasteiger partial charge is 0.492 e. The molecule has 9 nitrogen and oxygen atoms in total. The maximum absolute atomic E-state index is 12.2. The highest BCUT2D eigenvalue weighted by Crippen LogP contribution is 2.23. The van der Waals surface area contributed by atoms with E-state index in [-0.39, 0.29) is 18.5 Å². The smallest absolute Gasteiger partial charge is 0.410 e. The number of nitrogens with zero attached hydrogens (tertiary/aromatic N) is 2. The third kappa shape index (κ3) is 7.47. The van der Waals surface area contributed by atoms with Crippen LogP contribution in [0.2, 0.25) is 0 Å². The van der Waals surface area contributed by atoms with Crippen molar-refractivity contribution in [3.63, 3.8) is 0 Å². The lowest BCUT2D eigenvalue weighted by Crippen LogP contribution is -2.42. The number of primary amides is 1. The molecule has 2 heterocycles. The van der Waals surface area contributed by atoms with Crippen LogP contribution in [0.15, 0.2) is 42.6 Å². The van der Waals surface area contributed by atoms with Crippen molar-refractivity contribution in [3.8, 4) is 17.0 Å². The van der Waals surface area contributed by atoms with Gasteiger partial charge in [-0.15, -0.1) is 0 Å². The fourth-order valence-electron chi connectivity index (χ4n) is 3.52. The second kappa shape index (κ2) is 11.0. The van der Waals surface area contributed by atoms with Gasteiger partial charge in [0.2, 0.25) is 5.91 Å². The lowest BCUT2D eigenvalue weighted by atomic mass is 9.98. The third-order valence-electron chi connectivity index (χ3n) is 5.35. The highest BCUT2D eigenvalue weighted by atomic mass is 16.6. The first-order valence-electron chi connectivity index (χ1n) is 11.3. The number of ether oxygens (including phenoxy) is 2. The minimum atomic E-state index is -0.595. The number of nitrogens with two attached hydrogens (primary N) is 1. The summed E-state index contributed by atoms with van der Waals surface area (Å²) < 4.78 is 11.4. The molecule has 0 radical (unpaired) electrons. The predicted molar refractivity (Wildman–Crippen MR) is 127 cm³/mol. The van der Waals surface area contributed by atoms with Gasteiger partial charge in [0.05, 0.1) is 25.0 Å². The Bertz CT molecular complexity index is 991. The molecule has 1 aromatic carbocycles. The summed E-state index contributed by atoms with van der Waals surface area (Å²) in [4.78, 5) is 41.2. The van der Waals surface area contributed by atoms with Crippen LogP contribution in [0.4, 0.5) is 4.79 Å². The molecule has 0 bridgehead atoms. The molecule has 0 aliphatic carbocycles. The van der Waals surface area contributed by atoms with Crippen molar-refractivity contribution in [1.82, 2.24) is 15.2 Å². The quantitative estimate of drug-likeness (QED) is 0.644. The van der Waals surface area contributed by atoms with Gasteiger partial charge in [-0.1, -0.05) is 12.1 Å². The molecule has 0 saturated carbocycles. The van der Waals surface area contributed by atoms with Gasteiger partial charge in [-0.3, -0.25) is 14.6 Å². The van der Waals surface area contributed by atoms with Crippen molar-refractivity contribution in [1.29, 1.82) is 0 Å². The van der Waals surface area contributed by atoms with E-state index in [4.69, 9.17) is 15.2 Å². The second-order valence-electron chi connectivity index (χ2n) is 9.33. The van der Waals surface area contributed by atoms with Crippen LogP contribution < -0.4 is 15.8 Å². The molecule has 1 aliphatic rings. The van der Waals surface area contributed by atoms with Crippen molar-refractivity contribution in [2.24, 2.45) is 11.7 Å². The maximum Gasteiger partial charge on any atom is 0.410 e. The van der Waals surface area contributed by atoms with Gasteiger partial charge in [0.15, 0.2) is 0 Å². The summed E-state index contributed by atoms with van der Waals surface area (Å²) in [6.07, 6.45) is 3.15. The van der Waals surface area contributed by atoms with E-state index in [9.17, 15) is 14.4 Å². The number of likely N-dealkylation sites (tertiary alicyclic amines) is 1. The number of benzene rings is 1. The van der Waals surface area contributed by atoms with Crippen LogP contribution in [-0.4, -0.2) is 59.6 Å². The van der Waals surface area contributed by atoms with Gasteiger partial charge in [0.25, 0.3) is 5.91 Å². The maximum atomic E-state index is 12.2. The minimum Gasteiger partial charge on any atom is -0.492 e. The summed E-state index contributed by atoms with van der Waals surface area (Å²) in [6.45, 7) is 7.30. The van der Waals surface area contributed by atoms with Gasteiger partial charge in [0.1, 0.15) is 11.4 Å². The van der Waals surface area contributed by atoms with E-state index in [2.05, 4.69) is 10.3 Å². The molecule has 3 rings (SSSR count). The summed E-state index contributed by atoms with van der Waals surface area (Å²) in [5, 5.41) is 2.45. The van der Waals surface area contributed by atoms with Crippen molar-refractivity contribution in [2.45, 2.75) is 39.2 Å². The van der Waals surface area contributed by atoms with E-state index >= 15 is 0 Å². The van der Waals surface area contributed by atoms with Gasteiger partial charge in [-0.2, -0.15) is 0 Å². The van der Waals surface area contributed by atoms with Crippen LogP contribution in [0.25, 0.3) is 11.3 Å². The van der Waals surface area contributed by atoms with Crippen molar-refractivity contribution in [3.05, 3.63) is 48.2 Å². The number of nitrogens with one attached hydrogen (secondary N) is 1. The zero-order valence-corrected chi connectivity index (χ0v) is 19.9. The molecule has 0 spiro atoms. The average Bonchev–Trinajstić information content (AvgIpc) is 2.81. The standard InChI is InChI=1S/C25H32N4O5/c1-25(2,3)34-24(32)29-12-10-17(11-13-29)16-33-20-8-9-21(27-14-20)18-4-6-19(7-5-18)23(31)28-15-22(26)30/h4-9,14,17H,10-13,15-16H2,1-3H3,(H2,26,30)(H,28,31). The molecular formula is C25H32N4O5. The summed E-state index contributed by atoms with van der Waals surface area (Å²) in [5.41, 5.74) is 6.59. The van der Waals surface area contributed by atoms with Gasteiger partial charge >= 0.3 is 6.09 Å². The van der Waals surface area contributed by atoms with Crippen LogP contribution in [-0.2, 0) is 9.53 Å². The van der Waals surface area contributed by atoms with Gasteiger partial charge in [0, 0.05) is 24.2 Å². The molecule has 3 amide bonds. The number of hydrogen-bond acceptors (Lipinski definition) is 6. The first-order valence-corrected chi connectivity index (χ1v) is 11.3. The number of piperidine rings is 1. The summed E-state index contributed by atoms with van der Waals surface area (Å²) >= 11 is 0. The Balaban J connectivity index is 1.46. The number of aromatic nitrogens is 1. The molecule has 9 heteroatoms. The molecule has 1 aromatic heterocycles. The van der Waals surface area contributed by atoms with E-state index in [1.165, 1.54) is 0 Å². The summed E-state index contributed by atoms with van der Waals surface area (Å²) in [7, 11) is 0. The summed E-state index contributed by atoms with van der Waals surface area (Å²) in [5.74, 6) is 0.0918. The Hall–Kier alpha value is -3.62. The van der Waals surface area contributed by atoms with E-state index < -0.39 is 11.5 Å². The van der Waals surface area contributed by atoms with Crippen LogP contribution in [0.3, 0.4) is 0 Å². The number of pyridine rings is 1. The highest BCUT2D eigenvalue weighted by Gasteiger charge is 2.27. The fourth-order valence-corrected chi connectivity index (χ4v) is 3.52. The molecular weight excluding hydrogens is 436 g/mol. The topological polar surface area (TPSA) is 124 Å². The first kappa shape index (κ1) is 25.0. The Morgan fingerprint density at radius 3 is 2.32 bits per heavy atom. The summed E-state index contributed by atoms with van der Waals surface area (Å²) in [6, 6.07) is 10.7. The van der Waals surface area contributed by atoms with Crippen molar-refractivity contribution >= 4 is 17.9 Å². The molecule has 0 unspecified atom stereocenters. The Labute approximate surface area is 199 Å². The predicted octanol–water partition coefficient (Wildman–Crippen LogP) is 2.99. The lowest BCUT2D eigenvalue weighted by Gasteiger charge is -2.33. The number of rotatable bonds is 7. The molecule has 1 fully saturated rings. The molecule has 1 saturated heterocycles. The van der Waals surface area contributed by atoms with Crippen molar-refractivity contribution in [2.75, 3.05) is 26.2 Å². The molecule has 2 aromatic rings. The SMILES string of the molecule is CC(C)(C)OC(=O)N1CCC(COc2ccc(-c3ccc(C(=O)NCC(N)=O)cc3)nc2)CC1. The van der Waals surface area contributed by atoms with Crippen LogP contribution in [0, 0.1) is 5.92 Å². The van der Waals surface area contributed by atoms with E-state index in [0.29, 0.717) is 36.9 Å². The van der Waals surface area contributed by atoms with Gasteiger partial charge in [-0.05, 0) is 63.8 Å². The van der Waals surface area contributed by atoms with E-state index in [0.717, 1.165) is 24.1 Å². The lowest BCUT2D eigenvalue weighted by molar-refractivity contribution is -0.117. The van der Waals surface area contributed by atoms with E-state index in [1.807, 2.05) is 32.9 Å². The van der Waals surface area contributed by atoms with E-state index in [1.54, 1.807) is 35.4 Å². The highest BCUT2D eigenvalue weighted by molar-refractivity contribution is 5.96. The van der Waals surface area contributed by atoms with Gasteiger partial charge < -0.3 is 25.4 Å². The minimum absolute atomic E-state index is 0.202. The third-order valence-corrected chi connectivity index (χ3v) is 5.35. The average molecular weight is 469 g/mol. The zero-order valence-electron chi connectivity index (χ0n) is 19.9.